The molecule has 1 heterocycles. The van der Waals surface area contributed by atoms with Crippen LogP contribution in [0.3, 0.4) is 0 Å². The molecule has 17 heavy (non-hydrogen) atoms. The number of hydrogen-bond donors (Lipinski definition) is 1. The van der Waals surface area contributed by atoms with E-state index in [1.807, 2.05) is 0 Å². The Bertz CT molecular complexity index is 424. The number of methoxy groups -OCH3 is 1. The molecule has 1 aromatic rings. The molecule has 7 heteroatoms. The molecule has 0 saturated heterocycles. The number of anilines is 1. The van der Waals surface area contributed by atoms with Crippen LogP contribution in [0.2, 0.25) is 0 Å². The standard InChI is InChI=1S/C10H12F2N2O3/c1-3-17-10(15)6-4-5(8(11)12)7(13)9(14-6)16-2/h4,8H,3,13H2,1-2H3. The number of pyridine rings is 1. The topological polar surface area (TPSA) is 74.4 Å². The second kappa shape index (κ2) is 5.42. The van der Waals surface area contributed by atoms with E-state index in [9.17, 15) is 13.6 Å². The van der Waals surface area contributed by atoms with Crippen molar-refractivity contribution in [2.45, 2.75) is 13.3 Å². The molecule has 2 N–H and O–H groups in total. The Morgan fingerprint density at radius 1 is 1.59 bits per heavy atom. The number of alkyl halides is 2. The molecule has 94 valence electrons. The summed E-state index contributed by atoms with van der Waals surface area (Å²) in [7, 11) is 1.23. The number of carbonyl (C=O) groups excluding carboxylic acids is 1. The lowest BCUT2D eigenvalue weighted by Crippen LogP contribution is -2.11. The molecule has 5 nitrogen and oxygen atoms in total. The number of halogens is 2. The molecule has 0 bridgehead atoms. The highest BCUT2D eigenvalue weighted by Gasteiger charge is 2.21. The highest BCUT2D eigenvalue weighted by molar-refractivity contribution is 5.88. The number of nitrogen functional groups attached to an aromatic ring is 1. The average Bonchev–Trinajstić information content (AvgIpc) is 2.29. The molecule has 0 unspecified atom stereocenters. The van der Waals surface area contributed by atoms with Crippen LogP contribution < -0.4 is 10.5 Å². The van der Waals surface area contributed by atoms with Crippen molar-refractivity contribution >= 4 is 11.7 Å². The van der Waals surface area contributed by atoms with Crippen LogP contribution in [0.5, 0.6) is 5.88 Å². The van der Waals surface area contributed by atoms with E-state index in [0.717, 1.165) is 6.07 Å². The molecule has 0 radical (unpaired) electrons. The smallest absolute Gasteiger partial charge is 0.357 e. The van der Waals surface area contributed by atoms with Gasteiger partial charge in [0.1, 0.15) is 5.69 Å². The number of hydrogen-bond acceptors (Lipinski definition) is 5. The number of carbonyl (C=O) groups is 1. The van der Waals surface area contributed by atoms with E-state index in [2.05, 4.69) is 9.72 Å². The van der Waals surface area contributed by atoms with Gasteiger partial charge in [-0.05, 0) is 13.0 Å². The zero-order valence-electron chi connectivity index (χ0n) is 9.37. The predicted octanol–water partition coefficient (Wildman–Crippen LogP) is 1.79. The molecule has 1 rings (SSSR count). The number of aromatic nitrogens is 1. The van der Waals surface area contributed by atoms with Gasteiger partial charge in [-0.15, -0.1) is 0 Å². The minimum absolute atomic E-state index is 0.122. The first-order valence-electron chi connectivity index (χ1n) is 4.80. The maximum atomic E-state index is 12.7. The second-order valence-corrected chi connectivity index (χ2v) is 3.04. The lowest BCUT2D eigenvalue weighted by molar-refractivity contribution is 0.0518. The fourth-order valence-corrected chi connectivity index (χ4v) is 1.20. The van der Waals surface area contributed by atoms with Crippen molar-refractivity contribution in [3.63, 3.8) is 0 Å². The van der Waals surface area contributed by atoms with Gasteiger partial charge in [0.25, 0.3) is 6.43 Å². The van der Waals surface area contributed by atoms with Crippen LogP contribution in [0.1, 0.15) is 29.4 Å². The molecular formula is C10H12F2N2O3. The summed E-state index contributed by atoms with van der Waals surface area (Å²) in [6.45, 7) is 1.72. The lowest BCUT2D eigenvalue weighted by Gasteiger charge is -2.10. The molecule has 0 fully saturated rings. The Hall–Kier alpha value is -1.92. The number of nitrogens with two attached hydrogens (primary N) is 1. The van der Waals surface area contributed by atoms with Crippen molar-refractivity contribution in [2.75, 3.05) is 19.5 Å². The Morgan fingerprint density at radius 2 is 2.24 bits per heavy atom. The van der Waals surface area contributed by atoms with Gasteiger partial charge >= 0.3 is 5.97 Å². The van der Waals surface area contributed by atoms with Crippen LogP contribution in [0.4, 0.5) is 14.5 Å². The molecule has 1 aromatic heterocycles. The Balaban J connectivity index is 3.25. The molecular weight excluding hydrogens is 234 g/mol. The van der Waals surface area contributed by atoms with Crippen molar-refractivity contribution in [2.24, 2.45) is 0 Å². The first-order chi connectivity index (χ1) is 8.01. The van der Waals surface area contributed by atoms with Gasteiger partial charge in [0.15, 0.2) is 5.69 Å². The van der Waals surface area contributed by atoms with Crippen LogP contribution in [-0.2, 0) is 4.74 Å². The van der Waals surface area contributed by atoms with E-state index >= 15 is 0 Å². The second-order valence-electron chi connectivity index (χ2n) is 3.04. The van der Waals surface area contributed by atoms with Gasteiger partial charge in [-0.1, -0.05) is 0 Å². The third-order valence-electron chi connectivity index (χ3n) is 1.97. The highest BCUT2D eigenvalue weighted by Crippen LogP contribution is 2.31. The number of esters is 1. The summed E-state index contributed by atoms with van der Waals surface area (Å²) in [5.41, 5.74) is 4.38. The normalized spacial score (nSPS) is 10.4. The monoisotopic (exact) mass is 246 g/mol. The molecule has 0 aliphatic carbocycles. The van der Waals surface area contributed by atoms with Crippen molar-refractivity contribution in [3.8, 4) is 5.88 Å². The molecule has 0 aliphatic rings. The van der Waals surface area contributed by atoms with E-state index in [1.54, 1.807) is 6.92 Å². The zero-order valence-corrected chi connectivity index (χ0v) is 9.37. The fourth-order valence-electron chi connectivity index (χ4n) is 1.20. The maximum Gasteiger partial charge on any atom is 0.357 e. The average molecular weight is 246 g/mol. The van der Waals surface area contributed by atoms with Gasteiger partial charge in [-0.3, -0.25) is 0 Å². The zero-order chi connectivity index (χ0) is 13.0. The van der Waals surface area contributed by atoms with E-state index < -0.39 is 18.0 Å². The first-order valence-corrected chi connectivity index (χ1v) is 4.80. The Morgan fingerprint density at radius 3 is 2.71 bits per heavy atom. The third-order valence-corrected chi connectivity index (χ3v) is 1.97. The molecule has 0 atom stereocenters. The summed E-state index contributed by atoms with van der Waals surface area (Å²) in [6, 6.07) is 0.903. The van der Waals surface area contributed by atoms with E-state index in [0.29, 0.717) is 0 Å². The van der Waals surface area contributed by atoms with Crippen molar-refractivity contribution < 1.29 is 23.0 Å². The summed E-state index contributed by atoms with van der Waals surface area (Å²) in [4.78, 5) is 15.1. The van der Waals surface area contributed by atoms with Gasteiger partial charge < -0.3 is 15.2 Å². The summed E-state index contributed by atoms with van der Waals surface area (Å²) >= 11 is 0. The molecule has 0 amide bonds. The van der Waals surface area contributed by atoms with Gasteiger partial charge in [0.05, 0.1) is 13.7 Å². The minimum atomic E-state index is -2.82. The van der Waals surface area contributed by atoms with Crippen LogP contribution in [-0.4, -0.2) is 24.7 Å². The Kier molecular flexibility index (Phi) is 4.19. The van der Waals surface area contributed by atoms with Crippen molar-refractivity contribution in [1.29, 1.82) is 0 Å². The van der Waals surface area contributed by atoms with Crippen LogP contribution in [0.15, 0.2) is 6.07 Å². The van der Waals surface area contributed by atoms with Gasteiger partial charge in [0, 0.05) is 5.56 Å². The van der Waals surface area contributed by atoms with Crippen LogP contribution in [0, 0.1) is 0 Å². The van der Waals surface area contributed by atoms with Crippen molar-refractivity contribution in [1.82, 2.24) is 4.98 Å². The number of rotatable bonds is 4. The molecule has 0 saturated carbocycles. The van der Waals surface area contributed by atoms with Crippen LogP contribution >= 0.6 is 0 Å². The maximum absolute atomic E-state index is 12.7. The summed E-state index contributed by atoms with van der Waals surface area (Å²) in [5, 5.41) is 0. The molecule has 0 aromatic carbocycles. The lowest BCUT2D eigenvalue weighted by atomic mass is 10.2. The Labute approximate surface area is 96.5 Å². The quantitative estimate of drug-likeness (QED) is 0.820. The third kappa shape index (κ3) is 2.80. The van der Waals surface area contributed by atoms with Crippen molar-refractivity contribution in [3.05, 3.63) is 17.3 Å². The predicted molar refractivity (Wildman–Crippen MR) is 56.1 cm³/mol. The van der Waals surface area contributed by atoms with Gasteiger partial charge in [0.2, 0.25) is 5.88 Å². The van der Waals surface area contributed by atoms with Crippen LogP contribution in [0.25, 0.3) is 0 Å². The van der Waals surface area contributed by atoms with E-state index in [4.69, 9.17) is 10.5 Å². The summed E-state index contributed by atoms with van der Waals surface area (Å²) in [5.74, 6) is -1.02. The summed E-state index contributed by atoms with van der Waals surface area (Å²) in [6.07, 6.45) is -2.82. The fraction of sp³-hybridized carbons (Fsp3) is 0.400. The van der Waals surface area contributed by atoms with Gasteiger partial charge in [-0.25, -0.2) is 18.6 Å². The number of ether oxygens (including phenoxy) is 2. The minimum Gasteiger partial charge on any atom is -0.480 e. The molecule has 0 spiro atoms. The SMILES string of the molecule is CCOC(=O)c1cc(C(F)F)c(N)c(OC)n1. The largest absolute Gasteiger partial charge is 0.480 e. The number of nitrogens with zero attached hydrogens (tertiary/aromatic N) is 1. The summed E-state index contributed by atoms with van der Waals surface area (Å²) < 4.78 is 34.7. The molecule has 0 aliphatic heterocycles. The van der Waals surface area contributed by atoms with E-state index in [1.165, 1.54) is 7.11 Å². The highest BCUT2D eigenvalue weighted by atomic mass is 19.3. The van der Waals surface area contributed by atoms with E-state index in [-0.39, 0.29) is 23.9 Å². The first kappa shape index (κ1) is 13.1. The van der Waals surface area contributed by atoms with Gasteiger partial charge in [-0.2, -0.15) is 0 Å².